The van der Waals surface area contributed by atoms with Crippen molar-refractivity contribution in [3.63, 3.8) is 0 Å². The summed E-state index contributed by atoms with van der Waals surface area (Å²) >= 11 is 0. The smallest absolute Gasteiger partial charge is 0.0856 e. The van der Waals surface area contributed by atoms with Crippen molar-refractivity contribution in [2.24, 2.45) is 22.2 Å². The first-order chi connectivity index (χ1) is 12.6. The second-order valence-electron chi connectivity index (χ2n) is 10.3. The molecule has 0 saturated carbocycles. The van der Waals surface area contributed by atoms with Gasteiger partial charge in [0.25, 0.3) is 0 Å². The summed E-state index contributed by atoms with van der Waals surface area (Å²) in [5.74, 6) is 0.475. The van der Waals surface area contributed by atoms with E-state index in [9.17, 15) is 5.11 Å². The van der Waals surface area contributed by atoms with Crippen molar-refractivity contribution in [3.8, 4) is 0 Å². The van der Waals surface area contributed by atoms with Crippen molar-refractivity contribution in [2.45, 2.75) is 119 Å². The highest BCUT2D eigenvalue weighted by Crippen LogP contribution is 2.57. The lowest BCUT2D eigenvalue weighted by molar-refractivity contribution is -0.0619. The first-order valence-corrected chi connectivity index (χ1v) is 11.7. The number of unbranched alkanes of at least 4 members (excludes halogenated alkanes) is 3. The molecule has 1 nitrogen and oxygen atoms in total. The molecule has 27 heavy (non-hydrogen) atoms. The lowest BCUT2D eigenvalue weighted by Crippen LogP contribution is -2.53. The molecule has 3 atom stereocenters. The fourth-order valence-electron chi connectivity index (χ4n) is 5.77. The van der Waals surface area contributed by atoms with Gasteiger partial charge < -0.3 is 5.11 Å². The minimum atomic E-state index is -0.383. The van der Waals surface area contributed by atoms with Crippen molar-refractivity contribution in [3.05, 3.63) is 23.8 Å². The van der Waals surface area contributed by atoms with E-state index in [1.54, 1.807) is 0 Å². The van der Waals surface area contributed by atoms with Gasteiger partial charge in [-0.2, -0.15) is 0 Å². The summed E-state index contributed by atoms with van der Waals surface area (Å²) in [4.78, 5) is 0. The molecule has 0 saturated heterocycles. The van der Waals surface area contributed by atoms with Gasteiger partial charge in [0.05, 0.1) is 6.10 Å². The Balaban J connectivity index is 3.27. The van der Waals surface area contributed by atoms with Gasteiger partial charge in [-0.05, 0) is 41.6 Å². The van der Waals surface area contributed by atoms with Crippen LogP contribution in [0.5, 0.6) is 0 Å². The Kier molecular flexibility index (Phi) is 9.32. The molecule has 1 rings (SSSR count). The number of aliphatic hydroxyl groups is 1. The SMILES string of the molecule is CCCCCCC(C)C1(C(C)(C)CCC)C=CC=C(C(C)(C)CCC)C1O. The second-order valence-corrected chi connectivity index (χ2v) is 10.3. The van der Waals surface area contributed by atoms with Crippen molar-refractivity contribution < 1.29 is 5.11 Å². The molecule has 0 aromatic rings. The zero-order valence-electron chi connectivity index (χ0n) is 19.7. The zero-order valence-corrected chi connectivity index (χ0v) is 19.7. The molecule has 0 radical (unpaired) electrons. The van der Waals surface area contributed by atoms with Crippen LogP contribution in [0, 0.1) is 22.2 Å². The summed E-state index contributed by atoms with van der Waals surface area (Å²) in [7, 11) is 0. The Labute approximate surface area is 170 Å². The van der Waals surface area contributed by atoms with Crippen LogP contribution in [0.1, 0.15) is 113 Å². The van der Waals surface area contributed by atoms with E-state index in [0.717, 1.165) is 25.7 Å². The van der Waals surface area contributed by atoms with Gasteiger partial charge in [0.2, 0.25) is 0 Å². The van der Waals surface area contributed by atoms with Gasteiger partial charge in [0.15, 0.2) is 0 Å². The van der Waals surface area contributed by atoms with Crippen LogP contribution < -0.4 is 0 Å². The average Bonchev–Trinajstić information content (AvgIpc) is 2.58. The molecule has 0 aromatic carbocycles. The third-order valence-electron chi connectivity index (χ3n) is 7.40. The summed E-state index contributed by atoms with van der Waals surface area (Å²) in [5, 5.41) is 11.9. The molecule has 158 valence electrons. The Morgan fingerprint density at radius 2 is 1.59 bits per heavy atom. The van der Waals surface area contributed by atoms with Crippen LogP contribution in [-0.4, -0.2) is 11.2 Å². The van der Waals surface area contributed by atoms with Crippen LogP contribution in [0.2, 0.25) is 0 Å². The number of hydrogen-bond acceptors (Lipinski definition) is 1. The van der Waals surface area contributed by atoms with Gasteiger partial charge in [-0.15, -0.1) is 0 Å². The monoisotopic (exact) mass is 376 g/mol. The number of allylic oxidation sites excluding steroid dienone is 2. The molecule has 1 heteroatoms. The van der Waals surface area contributed by atoms with Crippen LogP contribution in [0.3, 0.4) is 0 Å². The summed E-state index contributed by atoms with van der Waals surface area (Å²) in [6.45, 7) is 18.6. The molecule has 1 aliphatic carbocycles. The lowest BCUT2D eigenvalue weighted by Gasteiger charge is -2.55. The molecule has 3 unspecified atom stereocenters. The minimum Gasteiger partial charge on any atom is -0.388 e. The standard InChI is InChI=1S/C26H48O/c1-9-12-13-14-16-21(4)26(25(7,8)19-11-3)20-15-17-22(23(26)27)24(5,6)18-10-2/h15,17,20-21,23,27H,9-14,16,18-19H2,1-8H3. The van der Waals surface area contributed by atoms with Crippen LogP contribution in [0.25, 0.3) is 0 Å². The molecule has 0 fully saturated rings. The Bertz CT molecular complexity index is 496. The van der Waals surface area contributed by atoms with Gasteiger partial charge in [0.1, 0.15) is 0 Å². The van der Waals surface area contributed by atoms with Crippen molar-refractivity contribution >= 4 is 0 Å². The van der Waals surface area contributed by atoms with E-state index >= 15 is 0 Å². The van der Waals surface area contributed by atoms with Crippen LogP contribution in [-0.2, 0) is 0 Å². The topological polar surface area (TPSA) is 20.2 Å². The highest BCUT2D eigenvalue weighted by Gasteiger charge is 2.54. The van der Waals surface area contributed by atoms with Gasteiger partial charge in [0, 0.05) is 5.41 Å². The lowest BCUT2D eigenvalue weighted by atomic mass is 9.50. The van der Waals surface area contributed by atoms with Crippen LogP contribution in [0.4, 0.5) is 0 Å². The number of aliphatic hydroxyl groups excluding tert-OH is 1. The fraction of sp³-hybridized carbons (Fsp3) is 0.846. The Morgan fingerprint density at radius 1 is 0.963 bits per heavy atom. The Morgan fingerprint density at radius 3 is 2.15 bits per heavy atom. The van der Waals surface area contributed by atoms with Crippen molar-refractivity contribution in [1.82, 2.24) is 0 Å². The zero-order chi connectivity index (χ0) is 20.7. The maximum absolute atomic E-state index is 11.9. The van der Waals surface area contributed by atoms with E-state index < -0.39 is 0 Å². The maximum Gasteiger partial charge on any atom is 0.0856 e. The molecule has 0 heterocycles. The van der Waals surface area contributed by atoms with Crippen LogP contribution >= 0.6 is 0 Å². The van der Waals surface area contributed by atoms with E-state index in [1.165, 1.54) is 37.7 Å². The first-order valence-electron chi connectivity index (χ1n) is 11.7. The number of hydrogen-bond donors (Lipinski definition) is 1. The average molecular weight is 377 g/mol. The largest absolute Gasteiger partial charge is 0.388 e. The molecule has 1 aliphatic rings. The number of rotatable bonds is 12. The van der Waals surface area contributed by atoms with Gasteiger partial charge in [-0.1, -0.05) is 112 Å². The van der Waals surface area contributed by atoms with Crippen LogP contribution in [0.15, 0.2) is 23.8 Å². The molecule has 0 aromatic heterocycles. The third kappa shape index (κ3) is 5.28. The maximum atomic E-state index is 11.9. The third-order valence-corrected chi connectivity index (χ3v) is 7.40. The summed E-state index contributed by atoms with van der Waals surface area (Å²) in [6, 6.07) is 0. The molecule has 0 amide bonds. The van der Waals surface area contributed by atoms with Gasteiger partial charge in [-0.25, -0.2) is 0 Å². The predicted molar refractivity (Wildman–Crippen MR) is 121 cm³/mol. The molecule has 0 spiro atoms. The van der Waals surface area contributed by atoms with E-state index in [2.05, 4.69) is 73.6 Å². The van der Waals surface area contributed by atoms with Crippen molar-refractivity contribution in [2.75, 3.05) is 0 Å². The first kappa shape index (κ1) is 24.5. The highest BCUT2D eigenvalue weighted by molar-refractivity contribution is 5.35. The van der Waals surface area contributed by atoms with E-state index in [4.69, 9.17) is 0 Å². The van der Waals surface area contributed by atoms with Crippen molar-refractivity contribution in [1.29, 1.82) is 0 Å². The molecular weight excluding hydrogens is 328 g/mol. The summed E-state index contributed by atoms with van der Waals surface area (Å²) in [6.07, 6.45) is 17.5. The second kappa shape index (κ2) is 10.3. The van der Waals surface area contributed by atoms with E-state index in [0.29, 0.717) is 5.92 Å². The normalized spacial score (nSPS) is 24.8. The molecular formula is C26H48O. The molecule has 0 aliphatic heterocycles. The quantitative estimate of drug-likeness (QED) is 0.341. The molecule has 0 bridgehead atoms. The Hall–Kier alpha value is -0.560. The fourth-order valence-corrected chi connectivity index (χ4v) is 5.77. The van der Waals surface area contributed by atoms with E-state index in [-0.39, 0.29) is 22.3 Å². The predicted octanol–water partition coefficient (Wildman–Crippen LogP) is 8.09. The summed E-state index contributed by atoms with van der Waals surface area (Å²) < 4.78 is 0. The summed E-state index contributed by atoms with van der Waals surface area (Å²) in [5.41, 5.74) is 1.19. The minimum absolute atomic E-state index is 0.0500. The molecule has 1 N–H and O–H groups in total. The van der Waals surface area contributed by atoms with E-state index in [1.807, 2.05) is 0 Å². The highest BCUT2D eigenvalue weighted by atomic mass is 16.3. The van der Waals surface area contributed by atoms with Gasteiger partial charge in [-0.3, -0.25) is 0 Å². The van der Waals surface area contributed by atoms with Gasteiger partial charge >= 0.3 is 0 Å².